The van der Waals surface area contributed by atoms with Crippen molar-refractivity contribution in [1.29, 1.82) is 0 Å². The zero-order valence-corrected chi connectivity index (χ0v) is 15.7. The van der Waals surface area contributed by atoms with Gasteiger partial charge in [-0.1, -0.05) is 42.5 Å². The van der Waals surface area contributed by atoms with Crippen molar-refractivity contribution in [2.75, 3.05) is 16.8 Å². The minimum Gasteiger partial charge on any atom is -0.323 e. The molecule has 1 N–H and O–H groups in total. The number of carbonyl (C=O) groups is 2. The Hall–Kier alpha value is -3.74. The summed E-state index contributed by atoms with van der Waals surface area (Å²) < 4.78 is 1.14. The van der Waals surface area contributed by atoms with E-state index in [1.54, 1.807) is 29.2 Å². The van der Waals surface area contributed by atoms with Gasteiger partial charge in [0.05, 0.1) is 17.1 Å². The lowest BCUT2D eigenvalue weighted by atomic mass is 10.1. The summed E-state index contributed by atoms with van der Waals surface area (Å²) in [6, 6.07) is 19.7. The average molecular weight is 388 g/mol. The van der Waals surface area contributed by atoms with E-state index >= 15 is 0 Å². The summed E-state index contributed by atoms with van der Waals surface area (Å²) >= 11 is 0. The van der Waals surface area contributed by atoms with E-state index in [9.17, 15) is 14.4 Å². The fraction of sp³-hybridized carbons (Fsp3) is 0.182. The zero-order valence-electron chi connectivity index (χ0n) is 15.7. The van der Waals surface area contributed by atoms with Gasteiger partial charge < -0.3 is 10.2 Å². The maximum atomic E-state index is 12.6. The summed E-state index contributed by atoms with van der Waals surface area (Å²) in [5.74, 6) is -0.343. The number of benzene rings is 2. The molecule has 2 aromatic carbocycles. The quantitative estimate of drug-likeness (QED) is 0.728. The highest BCUT2D eigenvalue weighted by Crippen LogP contribution is 2.29. The maximum absolute atomic E-state index is 12.6. The molecule has 7 heteroatoms. The van der Waals surface area contributed by atoms with Gasteiger partial charge in [0, 0.05) is 24.6 Å². The lowest BCUT2D eigenvalue weighted by Crippen LogP contribution is -2.30. The van der Waals surface area contributed by atoms with Gasteiger partial charge in [0.2, 0.25) is 11.8 Å². The number of rotatable bonds is 5. The normalized spacial score (nSPS) is 13.5. The minimum absolute atomic E-state index is 0.0418. The molecule has 1 saturated heterocycles. The highest BCUT2D eigenvalue weighted by molar-refractivity contribution is 6.02. The third kappa shape index (κ3) is 4.08. The van der Waals surface area contributed by atoms with Crippen LogP contribution in [0.2, 0.25) is 0 Å². The number of para-hydroxylation sites is 2. The number of nitrogens with zero attached hydrogens (tertiary/aromatic N) is 3. The predicted octanol–water partition coefficient (Wildman–Crippen LogP) is 2.68. The minimum atomic E-state index is -0.385. The summed E-state index contributed by atoms with van der Waals surface area (Å²) in [6.07, 6.45) is 1.31. The lowest BCUT2D eigenvalue weighted by Gasteiger charge is -2.20. The molecule has 1 fully saturated rings. The van der Waals surface area contributed by atoms with Gasteiger partial charge in [-0.2, -0.15) is 5.10 Å². The Kier molecular flexibility index (Phi) is 5.20. The second-order valence-electron chi connectivity index (χ2n) is 6.79. The van der Waals surface area contributed by atoms with Gasteiger partial charge in [0.1, 0.15) is 6.54 Å². The molecule has 1 aliphatic heterocycles. The molecule has 146 valence electrons. The van der Waals surface area contributed by atoms with Gasteiger partial charge in [0.15, 0.2) is 0 Å². The highest BCUT2D eigenvalue weighted by Gasteiger charge is 2.24. The largest absolute Gasteiger partial charge is 0.323 e. The molecule has 0 aliphatic carbocycles. The van der Waals surface area contributed by atoms with Crippen LogP contribution in [-0.4, -0.2) is 28.1 Å². The van der Waals surface area contributed by atoms with Crippen molar-refractivity contribution in [3.8, 4) is 11.3 Å². The maximum Gasteiger partial charge on any atom is 0.267 e. The van der Waals surface area contributed by atoms with Crippen LogP contribution < -0.4 is 15.8 Å². The monoisotopic (exact) mass is 388 g/mol. The van der Waals surface area contributed by atoms with Gasteiger partial charge in [-0.25, -0.2) is 4.68 Å². The van der Waals surface area contributed by atoms with Gasteiger partial charge in [-0.3, -0.25) is 14.4 Å². The molecule has 0 bridgehead atoms. The molecule has 1 aromatic heterocycles. The fourth-order valence-electron chi connectivity index (χ4n) is 3.37. The van der Waals surface area contributed by atoms with Crippen LogP contribution in [0, 0.1) is 0 Å². The van der Waals surface area contributed by atoms with Crippen molar-refractivity contribution in [3.05, 3.63) is 77.1 Å². The van der Waals surface area contributed by atoms with Crippen molar-refractivity contribution < 1.29 is 9.59 Å². The van der Waals surface area contributed by atoms with Gasteiger partial charge in [-0.05, 0) is 24.6 Å². The number of nitrogens with one attached hydrogen (secondary N) is 1. The molecule has 2 heterocycles. The molecule has 0 atom stereocenters. The van der Waals surface area contributed by atoms with E-state index in [0.717, 1.165) is 16.7 Å². The number of anilines is 2. The van der Waals surface area contributed by atoms with E-state index in [1.807, 2.05) is 36.4 Å². The Morgan fingerprint density at radius 1 is 0.966 bits per heavy atom. The Morgan fingerprint density at radius 3 is 2.48 bits per heavy atom. The first-order chi connectivity index (χ1) is 14.1. The Morgan fingerprint density at radius 2 is 1.72 bits per heavy atom. The summed E-state index contributed by atoms with van der Waals surface area (Å²) in [5, 5.41) is 7.13. The SMILES string of the molecule is O=C(Cn1nc(-c2ccccc2)ccc1=O)Nc1ccccc1N1CCCC1=O. The summed E-state index contributed by atoms with van der Waals surface area (Å²) in [5.41, 5.74) is 2.32. The van der Waals surface area contributed by atoms with Crippen molar-refractivity contribution in [2.45, 2.75) is 19.4 Å². The lowest BCUT2D eigenvalue weighted by molar-refractivity contribution is -0.118. The molecular weight excluding hydrogens is 368 g/mol. The van der Waals surface area contributed by atoms with Crippen LogP contribution in [-0.2, 0) is 16.1 Å². The first kappa shape index (κ1) is 18.6. The molecule has 0 saturated carbocycles. The van der Waals surface area contributed by atoms with Crippen LogP contribution in [0.1, 0.15) is 12.8 Å². The van der Waals surface area contributed by atoms with Crippen LogP contribution in [0.15, 0.2) is 71.5 Å². The first-order valence-electron chi connectivity index (χ1n) is 9.45. The average Bonchev–Trinajstić information content (AvgIpc) is 3.16. The van der Waals surface area contributed by atoms with Crippen LogP contribution >= 0.6 is 0 Å². The predicted molar refractivity (Wildman–Crippen MR) is 111 cm³/mol. The molecule has 0 spiro atoms. The Bertz CT molecular complexity index is 1110. The second-order valence-corrected chi connectivity index (χ2v) is 6.79. The number of hydrogen-bond acceptors (Lipinski definition) is 4. The highest BCUT2D eigenvalue weighted by atomic mass is 16.2. The van der Waals surface area contributed by atoms with Crippen LogP contribution in [0.4, 0.5) is 11.4 Å². The Balaban J connectivity index is 1.54. The molecule has 1 aliphatic rings. The molecule has 0 unspecified atom stereocenters. The van der Waals surface area contributed by atoms with E-state index in [1.165, 1.54) is 6.07 Å². The first-order valence-corrected chi connectivity index (χ1v) is 9.45. The van der Waals surface area contributed by atoms with E-state index in [4.69, 9.17) is 0 Å². The standard InChI is InChI=1S/C22H20N4O3/c27-20(23-18-9-4-5-10-19(18)25-14-6-11-21(25)28)15-26-22(29)13-12-17(24-26)16-7-2-1-3-8-16/h1-5,7-10,12-13H,6,11,14-15H2,(H,23,27). The molecule has 29 heavy (non-hydrogen) atoms. The molecular formula is C22H20N4O3. The fourth-order valence-corrected chi connectivity index (χ4v) is 3.37. The van der Waals surface area contributed by atoms with E-state index in [0.29, 0.717) is 30.0 Å². The number of amides is 2. The molecule has 0 radical (unpaired) electrons. The molecule has 4 rings (SSSR count). The van der Waals surface area contributed by atoms with Crippen molar-refractivity contribution >= 4 is 23.2 Å². The third-order valence-electron chi connectivity index (χ3n) is 4.77. The molecule has 3 aromatic rings. The van der Waals surface area contributed by atoms with Gasteiger partial charge in [0.25, 0.3) is 5.56 Å². The summed E-state index contributed by atoms with van der Waals surface area (Å²) in [4.78, 5) is 38.5. The van der Waals surface area contributed by atoms with Crippen molar-refractivity contribution in [3.63, 3.8) is 0 Å². The topological polar surface area (TPSA) is 84.3 Å². The van der Waals surface area contributed by atoms with Gasteiger partial charge >= 0.3 is 0 Å². The molecule has 7 nitrogen and oxygen atoms in total. The summed E-state index contributed by atoms with van der Waals surface area (Å²) in [7, 11) is 0. The number of aromatic nitrogens is 2. The summed E-state index contributed by atoms with van der Waals surface area (Å²) in [6.45, 7) is 0.410. The van der Waals surface area contributed by atoms with Gasteiger partial charge in [-0.15, -0.1) is 0 Å². The van der Waals surface area contributed by atoms with E-state index in [-0.39, 0.29) is 23.9 Å². The zero-order chi connectivity index (χ0) is 20.2. The van der Waals surface area contributed by atoms with Crippen molar-refractivity contribution in [1.82, 2.24) is 9.78 Å². The van der Waals surface area contributed by atoms with E-state index < -0.39 is 0 Å². The molecule has 2 amide bonds. The third-order valence-corrected chi connectivity index (χ3v) is 4.77. The van der Waals surface area contributed by atoms with Crippen molar-refractivity contribution in [2.24, 2.45) is 0 Å². The van der Waals surface area contributed by atoms with Crippen LogP contribution in [0.3, 0.4) is 0 Å². The van der Waals surface area contributed by atoms with E-state index in [2.05, 4.69) is 10.4 Å². The van der Waals surface area contributed by atoms with Crippen LogP contribution in [0.5, 0.6) is 0 Å². The Labute approximate surface area is 167 Å². The smallest absolute Gasteiger partial charge is 0.267 e. The number of hydrogen-bond donors (Lipinski definition) is 1. The second kappa shape index (κ2) is 8.10. The van der Waals surface area contributed by atoms with Crippen LogP contribution in [0.25, 0.3) is 11.3 Å². The number of carbonyl (C=O) groups excluding carboxylic acids is 2.